The summed E-state index contributed by atoms with van der Waals surface area (Å²) in [6.07, 6.45) is 5.06. The maximum atomic E-state index is 14.1. The van der Waals surface area contributed by atoms with E-state index in [0.29, 0.717) is 30.5 Å². The lowest BCUT2D eigenvalue weighted by Crippen LogP contribution is -2.03. The SMILES string of the molecule is C=N/C(=C\C=C(/C)c1ccc(C2CCC(c3c(F)cccc3F)=N2)cc1)OCC(C)C. The standard InChI is InChI=1S/C26H28F2N2O/c1-17(2)16-31-25(29-4)15-8-18(3)19-9-11-20(12-10-19)23-13-14-24(30-23)26-21(27)6-5-7-22(26)28/h5-12,15,17,23H,4,13-14,16H2,1-3H3/b18-8+,25-15+. The summed E-state index contributed by atoms with van der Waals surface area (Å²) in [6.45, 7) is 10.3. The molecule has 1 unspecified atom stereocenters. The third-order valence-electron chi connectivity index (χ3n) is 5.16. The number of hydrogen-bond acceptors (Lipinski definition) is 3. The maximum Gasteiger partial charge on any atom is 0.212 e. The Morgan fingerprint density at radius 2 is 1.84 bits per heavy atom. The lowest BCUT2D eigenvalue weighted by molar-refractivity contribution is 0.178. The lowest BCUT2D eigenvalue weighted by atomic mass is 9.99. The smallest absolute Gasteiger partial charge is 0.212 e. The minimum atomic E-state index is -0.561. The number of halogens is 2. The molecule has 1 heterocycles. The molecule has 0 saturated heterocycles. The number of nitrogens with zero attached hydrogens (tertiary/aromatic N) is 2. The van der Waals surface area contributed by atoms with E-state index in [1.807, 2.05) is 43.3 Å². The first-order valence-corrected chi connectivity index (χ1v) is 10.5. The second-order valence-electron chi connectivity index (χ2n) is 8.07. The molecule has 0 saturated carbocycles. The first kappa shape index (κ1) is 22.6. The van der Waals surface area contributed by atoms with Gasteiger partial charge in [0, 0.05) is 11.8 Å². The highest BCUT2D eigenvalue weighted by atomic mass is 19.1. The predicted molar refractivity (Wildman–Crippen MR) is 123 cm³/mol. The molecule has 1 aliphatic rings. The Morgan fingerprint density at radius 1 is 1.16 bits per heavy atom. The van der Waals surface area contributed by atoms with E-state index in [0.717, 1.165) is 23.1 Å². The van der Waals surface area contributed by atoms with E-state index in [4.69, 9.17) is 4.74 Å². The third-order valence-corrected chi connectivity index (χ3v) is 5.16. The summed E-state index contributed by atoms with van der Waals surface area (Å²) in [5.74, 6) is -0.210. The van der Waals surface area contributed by atoms with Crippen molar-refractivity contribution in [2.24, 2.45) is 15.9 Å². The van der Waals surface area contributed by atoms with Gasteiger partial charge in [0.15, 0.2) is 0 Å². The van der Waals surface area contributed by atoms with Crippen LogP contribution in [-0.2, 0) is 4.74 Å². The summed E-state index contributed by atoms with van der Waals surface area (Å²) in [5, 5.41) is 0. The van der Waals surface area contributed by atoms with Crippen LogP contribution in [0.2, 0.25) is 0 Å². The Bertz CT molecular complexity index is 1000. The highest BCUT2D eigenvalue weighted by Crippen LogP contribution is 2.33. The zero-order valence-corrected chi connectivity index (χ0v) is 18.2. The molecule has 2 aromatic rings. The molecule has 0 N–H and O–H groups in total. The van der Waals surface area contributed by atoms with Crippen molar-refractivity contribution < 1.29 is 13.5 Å². The molecule has 0 spiro atoms. The summed E-state index contributed by atoms with van der Waals surface area (Å²) >= 11 is 0. The molecule has 1 aliphatic heterocycles. The van der Waals surface area contributed by atoms with Gasteiger partial charge in [0.2, 0.25) is 5.88 Å². The minimum Gasteiger partial charge on any atom is -0.477 e. The minimum absolute atomic E-state index is 0.00139. The van der Waals surface area contributed by atoms with Crippen molar-refractivity contribution in [3.05, 3.63) is 88.8 Å². The summed E-state index contributed by atoms with van der Waals surface area (Å²) < 4.78 is 33.7. The predicted octanol–water partition coefficient (Wildman–Crippen LogP) is 6.91. The molecule has 0 radical (unpaired) electrons. The zero-order valence-electron chi connectivity index (χ0n) is 18.2. The molecule has 0 aromatic heterocycles. The van der Waals surface area contributed by atoms with Gasteiger partial charge in [-0.15, -0.1) is 0 Å². The zero-order chi connectivity index (χ0) is 22.4. The van der Waals surface area contributed by atoms with Crippen LogP contribution >= 0.6 is 0 Å². The van der Waals surface area contributed by atoms with Crippen LogP contribution in [0.3, 0.4) is 0 Å². The van der Waals surface area contributed by atoms with Gasteiger partial charge in [0.25, 0.3) is 0 Å². The summed E-state index contributed by atoms with van der Waals surface area (Å²) in [4.78, 5) is 8.52. The van der Waals surface area contributed by atoms with Crippen LogP contribution in [0.5, 0.6) is 0 Å². The average molecular weight is 423 g/mol. The molecule has 0 amide bonds. The highest BCUT2D eigenvalue weighted by molar-refractivity contribution is 6.02. The topological polar surface area (TPSA) is 34.0 Å². The van der Waals surface area contributed by atoms with Gasteiger partial charge in [-0.05, 0) is 61.2 Å². The van der Waals surface area contributed by atoms with Gasteiger partial charge in [-0.2, -0.15) is 0 Å². The number of allylic oxidation sites excluding steroid dienone is 3. The van der Waals surface area contributed by atoms with Crippen LogP contribution < -0.4 is 0 Å². The molecule has 3 rings (SSSR count). The van der Waals surface area contributed by atoms with E-state index in [1.165, 1.54) is 18.2 Å². The van der Waals surface area contributed by atoms with Crippen molar-refractivity contribution in [3.8, 4) is 0 Å². The lowest BCUT2D eigenvalue weighted by Gasteiger charge is -2.09. The molecule has 0 aliphatic carbocycles. The third kappa shape index (κ3) is 5.75. The second-order valence-corrected chi connectivity index (χ2v) is 8.07. The highest BCUT2D eigenvalue weighted by Gasteiger charge is 2.24. The van der Waals surface area contributed by atoms with Gasteiger partial charge in [-0.1, -0.05) is 50.3 Å². The Hall–Kier alpha value is -3.08. The van der Waals surface area contributed by atoms with Crippen LogP contribution in [0.4, 0.5) is 8.78 Å². The molecule has 162 valence electrons. The van der Waals surface area contributed by atoms with E-state index in [1.54, 1.807) is 0 Å². The first-order valence-electron chi connectivity index (χ1n) is 10.5. The van der Waals surface area contributed by atoms with Crippen LogP contribution in [0.15, 0.2) is 70.5 Å². The van der Waals surface area contributed by atoms with Gasteiger partial charge in [0.1, 0.15) is 11.6 Å². The summed E-state index contributed by atoms with van der Waals surface area (Å²) in [7, 11) is 0. The van der Waals surface area contributed by atoms with Gasteiger partial charge < -0.3 is 4.74 Å². The fraction of sp³-hybridized carbons (Fsp3) is 0.308. The first-order chi connectivity index (χ1) is 14.9. The van der Waals surface area contributed by atoms with Crippen molar-refractivity contribution in [2.45, 2.75) is 39.7 Å². The van der Waals surface area contributed by atoms with Crippen molar-refractivity contribution in [1.82, 2.24) is 0 Å². The number of aliphatic imine (C=N–C) groups is 2. The Kier molecular flexibility index (Phi) is 7.50. The molecule has 0 fully saturated rings. The normalized spacial score (nSPS) is 17.1. The van der Waals surface area contributed by atoms with Gasteiger partial charge in [-0.25, -0.2) is 13.8 Å². The fourth-order valence-electron chi connectivity index (χ4n) is 3.45. The largest absolute Gasteiger partial charge is 0.477 e. The quantitative estimate of drug-likeness (QED) is 0.259. The number of benzene rings is 2. The molecular formula is C26H28F2N2O. The van der Waals surface area contributed by atoms with Crippen LogP contribution in [0.25, 0.3) is 5.57 Å². The van der Waals surface area contributed by atoms with Gasteiger partial charge >= 0.3 is 0 Å². The van der Waals surface area contributed by atoms with E-state index in [2.05, 4.69) is 30.5 Å². The van der Waals surface area contributed by atoms with Crippen LogP contribution in [-0.4, -0.2) is 19.0 Å². The molecule has 3 nitrogen and oxygen atoms in total. The molecule has 2 aromatic carbocycles. The Labute approximate surface area is 182 Å². The monoisotopic (exact) mass is 422 g/mol. The molecule has 0 bridgehead atoms. The van der Waals surface area contributed by atoms with Crippen molar-refractivity contribution in [2.75, 3.05) is 6.61 Å². The van der Waals surface area contributed by atoms with Gasteiger partial charge in [-0.3, -0.25) is 4.99 Å². The summed E-state index contributed by atoms with van der Waals surface area (Å²) in [5.41, 5.74) is 3.65. The summed E-state index contributed by atoms with van der Waals surface area (Å²) in [6, 6.07) is 11.9. The second kappa shape index (κ2) is 10.3. The Morgan fingerprint density at radius 3 is 2.45 bits per heavy atom. The number of ether oxygens (including phenoxy) is 1. The Balaban J connectivity index is 1.73. The van der Waals surface area contributed by atoms with Crippen molar-refractivity contribution in [1.29, 1.82) is 0 Å². The molecule has 1 atom stereocenters. The van der Waals surface area contributed by atoms with E-state index >= 15 is 0 Å². The average Bonchev–Trinajstić information content (AvgIpc) is 3.23. The molecular weight excluding hydrogens is 394 g/mol. The van der Waals surface area contributed by atoms with E-state index in [-0.39, 0.29) is 11.6 Å². The molecule has 31 heavy (non-hydrogen) atoms. The van der Waals surface area contributed by atoms with Crippen molar-refractivity contribution >= 4 is 18.0 Å². The van der Waals surface area contributed by atoms with Crippen LogP contribution in [0.1, 0.15) is 56.3 Å². The maximum absolute atomic E-state index is 14.1. The van der Waals surface area contributed by atoms with E-state index in [9.17, 15) is 8.78 Å². The van der Waals surface area contributed by atoms with Gasteiger partial charge in [0.05, 0.1) is 18.2 Å². The fourth-order valence-corrected chi connectivity index (χ4v) is 3.45. The van der Waals surface area contributed by atoms with E-state index < -0.39 is 11.6 Å². The van der Waals surface area contributed by atoms with Crippen LogP contribution in [0, 0.1) is 17.6 Å². The number of rotatable bonds is 8. The van der Waals surface area contributed by atoms with Crippen molar-refractivity contribution in [3.63, 3.8) is 0 Å². The molecule has 5 heteroatoms. The number of hydrogen-bond donors (Lipinski definition) is 0.